The number of halogens is 1. The summed E-state index contributed by atoms with van der Waals surface area (Å²) in [6.07, 6.45) is 1.61. The largest absolute Gasteiger partial charge is 0.270 e. The summed E-state index contributed by atoms with van der Waals surface area (Å²) in [5.41, 5.74) is 0.662. The fraction of sp³-hybridized carbons (Fsp3) is 0.333. The molecule has 2 aromatic rings. The topological polar surface area (TPSA) is 73.8 Å². The van der Waals surface area contributed by atoms with E-state index in [2.05, 4.69) is 10.1 Å². The molecular formula is C12H13ClN4O2. The predicted octanol–water partition coefficient (Wildman–Crippen LogP) is 2.73. The molecule has 0 aliphatic rings. The minimum absolute atomic E-state index is 0.0305. The van der Waals surface area contributed by atoms with Gasteiger partial charge < -0.3 is 0 Å². The summed E-state index contributed by atoms with van der Waals surface area (Å²) < 4.78 is 1.70. The van der Waals surface area contributed by atoms with Crippen LogP contribution in [-0.4, -0.2) is 25.6 Å². The summed E-state index contributed by atoms with van der Waals surface area (Å²) in [5, 5.41) is 15.0. The Kier molecular flexibility index (Phi) is 4.11. The first-order chi connectivity index (χ1) is 9.10. The lowest BCUT2D eigenvalue weighted by molar-refractivity contribution is -0.384. The van der Waals surface area contributed by atoms with Crippen LogP contribution in [0.3, 0.4) is 0 Å². The molecule has 19 heavy (non-hydrogen) atoms. The van der Waals surface area contributed by atoms with Gasteiger partial charge in [-0.15, -0.1) is 11.6 Å². The number of nitro benzene ring substituents is 1. The van der Waals surface area contributed by atoms with Crippen molar-refractivity contribution in [1.82, 2.24) is 14.8 Å². The zero-order chi connectivity index (χ0) is 13.8. The SMILES string of the molecule is CC(CCl)Cn1cnc(-c2cccc([N+](=O)[O-])c2)n1. The maximum Gasteiger partial charge on any atom is 0.270 e. The van der Waals surface area contributed by atoms with Gasteiger partial charge in [-0.25, -0.2) is 4.98 Å². The van der Waals surface area contributed by atoms with E-state index < -0.39 is 4.92 Å². The number of aromatic nitrogens is 3. The molecule has 6 nitrogen and oxygen atoms in total. The number of alkyl halides is 1. The molecule has 0 aliphatic heterocycles. The Morgan fingerprint density at radius 1 is 1.53 bits per heavy atom. The monoisotopic (exact) mass is 280 g/mol. The van der Waals surface area contributed by atoms with Gasteiger partial charge in [0.1, 0.15) is 6.33 Å². The third-order valence-corrected chi connectivity index (χ3v) is 3.14. The van der Waals surface area contributed by atoms with E-state index >= 15 is 0 Å². The number of non-ortho nitro benzene ring substituents is 1. The number of nitro groups is 1. The van der Waals surface area contributed by atoms with Crippen molar-refractivity contribution in [2.24, 2.45) is 5.92 Å². The van der Waals surface area contributed by atoms with Crippen LogP contribution in [0, 0.1) is 16.0 Å². The van der Waals surface area contributed by atoms with E-state index in [0.29, 0.717) is 29.7 Å². The summed E-state index contributed by atoms with van der Waals surface area (Å²) in [6, 6.07) is 6.27. The highest BCUT2D eigenvalue weighted by atomic mass is 35.5. The fourth-order valence-corrected chi connectivity index (χ4v) is 1.74. The highest BCUT2D eigenvalue weighted by Gasteiger charge is 2.11. The normalized spacial score (nSPS) is 12.3. The van der Waals surface area contributed by atoms with Gasteiger partial charge in [-0.1, -0.05) is 19.1 Å². The van der Waals surface area contributed by atoms with Gasteiger partial charge in [0.25, 0.3) is 5.69 Å². The molecule has 0 bridgehead atoms. The lowest BCUT2D eigenvalue weighted by atomic mass is 10.2. The highest BCUT2D eigenvalue weighted by Crippen LogP contribution is 2.20. The van der Waals surface area contributed by atoms with Crippen LogP contribution < -0.4 is 0 Å². The van der Waals surface area contributed by atoms with Crippen molar-refractivity contribution < 1.29 is 4.92 Å². The van der Waals surface area contributed by atoms with Crippen molar-refractivity contribution in [3.63, 3.8) is 0 Å². The van der Waals surface area contributed by atoms with Crippen molar-refractivity contribution >= 4 is 17.3 Å². The molecule has 0 spiro atoms. The Bertz CT molecular complexity index is 585. The molecule has 0 N–H and O–H groups in total. The Labute approximate surface area is 115 Å². The second kappa shape index (κ2) is 5.79. The fourth-order valence-electron chi connectivity index (χ4n) is 1.64. The molecule has 1 aromatic heterocycles. The van der Waals surface area contributed by atoms with Gasteiger partial charge in [0.15, 0.2) is 5.82 Å². The van der Waals surface area contributed by atoms with Gasteiger partial charge >= 0.3 is 0 Å². The lowest BCUT2D eigenvalue weighted by Gasteiger charge is -2.05. The first kappa shape index (κ1) is 13.5. The number of nitrogens with zero attached hydrogens (tertiary/aromatic N) is 4. The quantitative estimate of drug-likeness (QED) is 0.479. The van der Waals surface area contributed by atoms with E-state index in [1.807, 2.05) is 6.92 Å². The van der Waals surface area contributed by atoms with E-state index in [1.54, 1.807) is 23.1 Å². The van der Waals surface area contributed by atoms with Crippen LogP contribution in [0.2, 0.25) is 0 Å². The van der Waals surface area contributed by atoms with E-state index in [0.717, 1.165) is 0 Å². The predicted molar refractivity (Wildman–Crippen MR) is 72.0 cm³/mol. The summed E-state index contributed by atoms with van der Waals surface area (Å²) in [4.78, 5) is 14.4. The van der Waals surface area contributed by atoms with Gasteiger partial charge in [-0.3, -0.25) is 14.8 Å². The first-order valence-electron chi connectivity index (χ1n) is 5.80. The van der Waals surface area contributed by atoms with Crippen LogP contribution in [0.25, 0.3) is 11.4 Å². The van der Waals surface area contributed by atoms with Crippen LogP contribution in [0.5, 0.6) is 0 Å². The molecular weight excluding hydrogens is 268 g/mol. The standard InChI is InChI=1S/C12H13ClN4O2/c1-9(6-13)7-16-8-14-12(15-16)10-3-2-4-11(5-10)17(18)19/h2-5,8-9H,6-7H2,1H3. The summed E-state index contributed by atoms with van der Waals surface area (Å²) >= 11 is 5.74. The summed E-state index contributed by atoms with van der Waals surface area (Å²) in [5.74, 6) is 1.32. The van der Waals surface area contributed by atoms with Crippen molar-refractivity contribution in [2.75, 3.05) is 5.88 Å². The minimum atomic E-state index is -0.434. The van der Waals surface area contributed by atoms with Crippen molar-refractivity contribution in [3.8, 4) is 11.4 Å². The minimum Gasteiger partial charge on any atom is -0.258 e. The molecule has 0 radical (unpaired) electrons. The van der Waals surface area contributed by atoms with Crippen molar-refractivity contribution in [2.45, 2.75) is 13.5 Å². The first-order valence-corrected chi connectivity index (χ1v) is 6.34. The molecule has 0 saturated heterocycles. The van der Waals surface area contributed by atoms with Crippen molar-refractivity contribution in [1.29, 1.82) is 0 Å². The zero-order valence-corrected chi connectivity index (χ0v) is 11.1. The maximum absolute atomic E-state index is 10.7. The van der Waals surface area contributed by atoms with Gasteiger partial charge in [-0.2, -0.15) is 5.10 Å². The lowest BCUT2D eigenvalue weighted by Crippen LogP contribution is -2.09. The Hall–Kier alpha value is -1.95. The average Bonchev–Trinajstić information content (AvgIpc) is 2.87. The van der Waals surface area contributed by atoms with Crippen LogP contribution in [-0.2, 0) is 6.54 Å². The summed E-state index contributed by atoms with van der Waals surface area (Å²) in [6.45, 7) is 2.69. The Balaban J connectivity index is 2.22. The van der Waals surface area contributed by atoms with E-state index in [1.165, 1.54) is 12.1 Å². The highest BCUT2D eigenvalue weighted by molar-refractivity contribution is 6.18. The van der Waals surface area contributed by atoms with Gasteiger partial charge in [-0.05, 0) is 5.92 Å². The second-order valence-electron chi connectivity index (χ2n) is 4.36. The third kappa shape index (κ3) is 3.29. The molecule has 1 atom stereocenters. The van der Waals surface area contributed by atoms with E-state index in [-0.39, 0.29) is 5.69 Å². The van der Waals surface area contributed by atoms with Crippen LogP contribution in [0.15, 0.2) is 30.6 Å². The van der Waals surface area contributed by atoms with E-state index in [9.17, 15) is 10.1 Å². The Morgan fingerprint density at radius 2 is 2.32 bits per heavy atom. The third-order valence-electron chi connectivity index (χ3n) is 2.61. The molecule has 0 fully saturated rings. The molecule has 0 aliphatic carbocycles. The van der Waals surface area contributed by atoms with Gasteiger partial charge in [0, 0.05) is 30.1 Å². The number of hydrogen-bond donors (Lipinski definition) is 0. The van der Waals surface area contributed by atoms with Crippen LogP contribution in [0.1, 0.15) is 6.92 Å². The van der Waals surface area contributed by atoms with Crippen molar-refractivity contribution in [3.05, 3.63) is 40.7 Å². The second-order valence-corrected chi connectivity index (χ2v) is 4.67. The van der Waals surface area contributed by atoms with Gasteiger partial charge in [0.05, 0.1) is 4.92 Å². The molecule has 1 unspecified atom stereocenters. The van der Waals surface area contributed by atoms with Gasteiger partial charge in [0.2, 0.25) is 0 Å². The maximum atomic E-state index is 10.7. The molecule has 2 rings (SSSR count). The molecule has 7 heteroatoms. The number of rotatable bonds is 5. The van der Waals surface area contributed by atoms with E-state index in [4.69, 9.17) is 11.6 Å². The molecule has 1 heterocycles. The molecule has 1 aromatic carbocycles. The average molecular weight is 281 g/mol. The Morgan fingerprint density at radius 3 is 3.00 bits per heavy atom. The van der Waals surface area contributed by atoms with Crippen LogP contribution in [0.4, 0.5) is 5.69 Å². The zero-order valence-electron chi connectivity index (χ0n) is 10.4. The number of hydrogen-bond acceptors (Lipinski definition) is 4. The molecule has 0 saturated carbocycles. The summed E-state index contributed by atoms with van der Waals surface area (Å²) in [7, 11) is 0. The smallest absolute Gasteiger partial charge is 0.258 e. The van der Waals surface area contributed by atoms with Crippen LogP contribution >= 0.6 is 11.6 Å². The molecule has 0 amide bonds. The number of benzene rings is 1. The molecule has 100 valence electrons.